The standard InChI is InChI=1S/C18H21ClN2/c19-18-12-17(7-6-15(18)8-10-20)21-11-9-16(13-21)14-4-2-1-3-5-14/h1-7,12,16H,8-11,13,20H2. The first-order valence-corrected chi connectivity index (χ1v) is 7.94. The van der Waals surface area contributed by atoms with E-state index in [1.54, 1.807) is 0 Å². The van der Waals surface area contributed by atoms with E-state index in [0.717, 1.165) is 30.1 Å². The molecule has 110 valence electrons. The van der Waals surface area contributed by atoms with Crippen LogP contribution >= 0.6 is 11.6 Å². The van der Waals surface area contributed by atoms with Crippen LogP contribution in [0.15, 0.2) is 48.5 Å². The molecule has 1 aliphatic heterocycles. The summed E-state index contributed by atoms with van der Waals surface area (Å²) in [4.78, 5) is 2.43. The van der Waals surface area contributed by atoms with Crippen LogP contribution in [0.1, 0.15) is 23.5 Å². The first kappa shape index (κ1) is 14.4. The molecule has 0 spiro atoms. The normalized spacial score (nSPS) is 18.2. The number of nitrogens with two attached hydrogens (primary N) is 1. The van der Waals surface area contributed by atoms with E-state index in [9.17, 15) is 0 Å². The van der Waals surface area contributed by atoms with E-state index in [1.807, 2.05) is 0 Å². The first-order valence-electron chi connectivity index (χ1n) is 7.56. The van der Waals surface area contributed by atoms with Gasteiger partial charge in [0, 0.05) is 29.7 Å². The molecule has 0 aromatic heterocycles. The summed E-state index contributed by atoms with van der Waals surface area (Å²) < 4.78 is 0. The minimum absolute atomic E-state index is 0.619. The van der Waals surface area contributed by atoms with Crippen LogP contribution in [0, 0.1) is 0 Å². The SMILES string of the molecule is NCCc1ccc(N2CCC(c3ccccc3)C2)cc1Cl. The number of nitrogens with zero attached hydrogens (tertiary/aromatic N) is 1. The fraction of sp³-hybridized carbons (Fsp3) is 0.333. The maximum Gasteiger partial charge on any atom is 0.0459 e. The number of rotatable bonds is 4. The van der Waals surface area contributed by atoms with E-state index < -0.39 is 0 Å². The van der Waals surface area contributed by atoms with Crippen molar-refractivity contribution in [3.63, 3.8) is 0 Å². The molecule has 1 fully saturated rings. The molecule has 0 radical (unpaired) electrons. The van der Waals surface area contributed by atoms with E-state index in [4.69, 9.17) is 17.3 Å². The highest BCUT2D eigenvalue weighted by atomic mass is 35.5. The van der Waals surface area contributed by atoms with E-state index in [0.29, 0.717) is 12.5 Å². The highest BCUT2D eigenvalue weighted by Gasteiger charge is 2.24. The summed E-state index contributed by atoms with van der Waals surface area (Å²) in [5.41, 5.74) is 9.40. The van der Waals surface area contributed by atoms with Crippen LogP contribution in [0.4, 0.5) is 5.69 Å². The second-order valence-electron chi connectivity index (χ2n) is 5.66. The van der Waals surface area contributed by atoms with Gasteiger partial charge in [-0.3, -0.25) is 0 Å². The van der Waals surface area contributed by atoms with Gasteiger partial charge < -0.3 is 10.6 Å². The summed E-state index contributed by atoms with van der Waals surface area (Å²) >= 11 is 6.36. The Balaban J connectivity index is 1.73. The molecule has 0 amide bonds. The predicted octanol–water partition coefficient (Wildman–Crippen LogP) is 3.84. The van der Waals surface area contributed by atoms with Crippen molar-refractivity contribution in [1.29, 1.82) is 0 Å². The number of hydrogen-bond donors (Lipinski definition) is 1. The minimum Gasteiger partial charge on any atom is -0.371 e. The van der Waals surface area contributed by atoms with Gasteiger partial charge in [-0.25, -0.2) is 0 Å². The van der Waals surface area contributed by atoms with Crippen molar-refractivity contribution in [3.05, 3.63) is 64.7 Å². The Bertz CT molecular complexity index is 597. The number of benzene rings is 2. The van der Waals surface area contributed by atoms with Crippen molar-refractivity contribution in [1.82, 2.24) is 0 Å². The van der Waals surface area contributed by atoms with Gasteiger partial charge in [0.1, 0.15) is 0 Å². The molecular weight excluding hydrogens is 280 g/mol. The fourth-order valence-corrected chi connectivity index (χ4v) is 3.35. The van der Waals surface area contributed by atoms with Gasteiger partial charge in [0.05, 0.1) is 0 Å². The van der Waals surface area contributed by atoms with Crippen molar-refractivity contribution in [2.75, 3.05) is 24.5 Å². The van der Waals surface area contributed by atoms with Crippen LogP contribution < -0.4 is 10.6 Å². The topological polar surface area (TPSA) is 29.3 Å². The van der Waals surface area contributed by atoms with Gasteiger partial charge >= 0.3 is 0 Å². The van der Waals surface area contributed by atoms with Crippen molar-refractivity contribution in [3.8, 4) is 0 Å². The lowest BCUT2D eigenvalue weighted by Gasteiger charge is -2.20. The number of anilines is 1. The number of hydrogen-bond acceptors (Lipinski definition) is 2. The Hall–Kier alpha value is -1.51. The van der Waals surface area contributed by atoms with Gasteiger partial charge in [-0.05, 0) is 42.6 Å². The maximum atomic E-state index is 6.36. The van der Waals surface area contributed by atoms with Gasteiger partial charge in [-0.1, -0.05) is 48.0 Å². The third-order valence-electron chi connectivity index (χ3n) is 4.27. The highest BCUT2D eigenvalue weighted by Crippen LogP contribution is 2.32. The summed E-state index contributed by atoms with van der Waals surface area (Å²) in [6, 6.07) is 17.1. The van der Waals surface area contributed by atoms with E-state index >= 15 is 0 Å². The zero-order chi connectivity index (χ0) is 14.7. The molecule has 1 atom stereocenters. The zero-order valence-electron chi connectivity index (χ0n) is 12.1. The molecule has 3 rings (SSSR count). The summed E-state index contributed by atoms with van der Waals surface area (Å²) in [6.07, 6.45) is 2.04. The molecule has 1 unspecified atom stereocenters. The van der Waals surface area contributed by atoms with Crippen LogP contribution in [-0.4, -0.2) is 19.6 Å². The molecule has 2 N–H and O–H groups in total. The Labute approximate surface area is 131 Å². The van der Waals surface area contributed by atoms with E-state index in [2.05, 4.69) is 53.4 Å². The Morgan fingerprint density at radius 1 is 1.14 bits per heavy atom. The summed E-state index contributed by atoms with van der Waals surface area (Å²) in [5.74, 6) is 0.619. The Morgan fingerprint density at radius 3 is 2.67 bits per heavy atom. The largest absolute Gasteiger partial charge is 0.371 e. The molecule has 1 heterocycles. The molecular formula is C18H21ClN2. The lowest BCUT2D eigenvalue weighted by molar-refractivity contribution is 0.775. The lowest BCUT2D eigenvalue weighted by Crippen LogP contribution is -2.19. The van der Waals surface area contributed by atoms with Crippen LogP contribution in [0.5, 0.6) is 0 Å². The van der Waals surface area contributed by atoms with Gasteiger partial charge in [-0.15, -0.1) is 0 Å². The van der Waals surface area contributed by atoms with Crippen LogP contribution in [-0.2, 0) is 6.42 Å². The van der Waals surface area contributed by atoms with Crippen molar-refractivity contribution in [2.45, 2.75) is 18.8 Å². The third kappa shape index (κ3) is 3.22. The molecule has 0 saturated carbocycles. The Kier molecular flexibility index (Phi) is 4.47. The van der Waals surface area contributed by atoms with Gasteiger partial charge in [0.25, 0.3) is 0 Å². The monoisotopic (exact) mass is 300 g/mol. The van der Waals surface area contributed by atoms with Crippen LogP contribution in [0.3, 0.4) is 0 Å². The predicted molar refractivity (Wildman–Crippen MR) is 90.2 cm³/mol. The summed E-state index contributed by atoms with van der Waals surface area (Å²) in [5, 5.41) is 0.834. The summed E-state index contributed by atoms with van der Waals surface area (Å²) in [6.45, 7) is 2.79. The van der Waals surface area contributed by atoms with Gasteiger partial charge in [0.15, 0.2) is 0 Å². The minimum atomic E-state index is 0.619. The lowest BCUT2D eigenvalue weighted by atomic mass is 9.99. The molecule has 21 heavy (non-hydrogen) atoms. The summed E-state index contributed by atoms with van der Waals surface area (Å²) in [7, 11) is 0. The van der Waals surface area contributed by atoms with Crippen LogP contribution in [0.2, 0.25) is 5.02 Å². The molecule has 0 bridgehead atoms. The molecule has 1 aliphatic rings. The van der Waals surface area contributed by atoms with Gasteiger partial charge in [-0.2, -0.15) is 0 Å². The maximum absolute atomic E-state index is 6.36. The third-order valence-corrected chi connectivity index (χ3v) is 4.63. The molecule has 0 aliphatic carbocycles. The first-order chi connectivity index (χ1) is 10.3. The van der Waals surface area contributed by atoms with Crippen molar-refractivity contribution in [2.24, 2.45) is 5.73 Å². The molecule has 1 saturated heterocycles. The number of halogens is 1. The second-order valence-corrected chi connectivity index (χ2v) is 6.06. The fourth-order valence-electron chi connectivity index (χ4n) is 3.08. The quantitative estimate of drug-likeness (QED) is 0.929. The molecule has 2 nitrogen and oxygen atoms in total. The van der Waals surface area contributed by atoms with Gasteiger partial charge in [0.2, 0.25) is 0 Å². The smallest absolute Gasteiger partial charge is 0.0459 e. The van der Waals surface area contributed by atoms with E-state index in [1.165, 1.54) is 17.7 Å². The van der Waals surface area contributed by atoms with Crippen LogP contribution in [0.25, 0.3) is 0 Å². The average molecular weight is 301 g/mol. The average Bonchev–Trinajstić information content (AvgIpc) is 3.00. The molecule has 2 aromatic carbocycles. The molecule has 2 aromatic rings. The van der Waals surface area contributed by atoms with Crippen molar-refractivity contribution >= 4 is 17.3 Å². The Morgan fingerprint density at radius 2 is 1.95 bits per heavy atom. The molecule has 3 heteroatoms. The second kappa shape index (κ2) is 6.50. The van der Waals surface area contributed by atoms with E-state index in [-0.39, 0.29) is 0 Å². The zero-order valence-corrected chi connectivity index (χ0v) is 12.9. The highest BCUT2D eigenvalue weighted by molar-refractivity contribution is 6.31. The van der Waals surface area contributed by atoms with Crippen molar-refractivity contribution < 1.29 is 0 Å².